The Kier molecular flexibility index (Phi) is 4.74. The molecule has 0 aromatic heterocycles. The normalized spacial score (nSPS) is 33.7. The molecule has 0 heterocycles. The molecule has 0 spiro atoms. The maximum atomic E-state index is 10.8. The molecule has 1 aliphatic carbocycles. The zero-order valence-electron chi connectivity index (χ0n) is 9.90. The zero-order valence-corrected chi connectivity index (χ0v) is 9.90. The van der Waals surface area contributed by atoms with Crippen molar-refractivity contribution in [2.75, 3.05) is 6.61 Å². The van der Waals surface area contributed by atoms with Crippen LogP contribution in [0, 0.1) is 11.8 Å². The number of Topliss-reactive ketones (excluding diaryl/α,β-unsaturated/α-hetero) is 1. The fraction of sp³-hybridized carbons (Fsp3) is 0.917. The molecule has 0 aliphatic heterocycles. The Morgan fingerprint density at radius 1 is 1.53 bits per heavy atom. The van der Waals surface area contributed by atoms with Gasteiger partial charge < -0.3 is 9.84 Å². The van der Waals surface area contributed by atoms with Crippen molar-refractivity contribution in [2.24, 2.45) is 11.8 Å². The first-order valence-corrected chi connectivity index (χ1v) is 5.79. The molecule has 0 saturated heterocycles. The predicted octanol–water partition coefficient (Wildman–Crippen LogP) is 1.78. The third-order valence-electron chi connectivity index (χ3n) is 3.35. The molecule has 0 aromatic rings. The smallest absolute Gasteiger partial charge is 0.155 e. The van der Waals surface area contributed by atoms with Gasteiger partial charge in [-0.25, -0.2) is 0 Å². The molecule has 0 aromatic carbocycles. The van der Waals surface area contributed by atoms with E-state index >= 15 is 0 Å². The SMILES string of the molecule is CC(=O)COC1C[C@@H](C(C)O)CC[C@@H]1C. The van der Waals surface area contributed by atoms with Crippen LogP contribution in [0.2, 0.25) is 0 Å². The van der Waals surface area contributed by atoms with Gasteiger partial charge in [-0.3, -0.25) is 4.79 Å². The van der Waals surface area contributed by atoms with Crippen LogP contribution in [-0.4, -0.2) is 29.7 Å². The highest BCUT2D eigenvalue weighted by atomic mass is 16.5. The number of ether oxygens (including phenoxy) is 1. The van der Waals surface area contributed by atoms with Gasteiger partial charge in [0, 0.05) is 0 Å². The summed E-state index contributed by atoms with van der Waals surface area (Å²) in [6.45, 7) is 5.74. The Hall–Kier alpha value is -0.410. The van der Waals surface area contributed by atoms with Crippen molar-refractivity contribution in [1.82, 2.24) is 0 Å². The van der Waals surface area contributed by atoms with Gasteiger partial charge in [-0.2, -0.15) is 0 Å². The van der Waals surface area contributed by atoms with Gasteiger partial charge in [0.05, 0.1) is 12.2 Å². The summed E-state index contributed by atoms with van der Waals surface area (Å²) in [5.74, 6) is 0.902. The van der Waals surface area contributed by atoms with Crippen molar-refractivity contribution < 1.29 is 14.6 Å². The summed E-state index contributed by atoms with van der Waals surface area (Å²) in [7, 11) is 0. The molecule has 0 bridgehead atoms. The minimum atomic E-state index is -0.263. The van der Waals surface area contributed by atoms with E-state index in [1.807, 2.05) is 6.92 Å². The lowest BCUT2D eigenvalue weighted by Crippen LogP contribution is -2.35. The Balaban J connectivity index is 2.42. The van der Waals surface area contributed by atoms with Crippen molar-refractivity contribution >= 4 is 5.78 Å². The monoisotopic (exact) mass is 214 g/mol. The van der Waals surface area contributed by atoms with Crippen LogP contribution in [0.15, 0.2) is 0 Å². The Bertz CT molecular complexity index is 213. The van der Waals surface area contributed by atoms with E-state index in [0.29, 0.717) is 11.8 Å². The van der Waals surface area contributed by atoms with Crippen molar-refractivity contribution in [1.29, 1.82) is 0 Å². The van der Waals surface area contributed by atoms with E-state index in [4.69, 9.17) is 4.74 Å². The molecule has 3 heteroatoms. The Morgan fingerprint density at radius 3 is 2.73 bits per heavy atom. The molecule has 1 N–H and O–H groups in total. The van der Waals surface area contributed by atoms with Crippen LogP contribution in [0.4, 0.5) is 0 Å². The first-order valence-electron chi connectivity index (χ1n) is 5.79. The second kappa shape index (κ2) is 5.61. The van der Waals surface area contributed by atoms with E-state index in [0.717, 1.165) is 19.3 Å². The summed E-state index contributed by atoms with van der Waals surface area (Å²) < 4.78 is 5.58. The maximum absolute atomic E-state index is 10.8. The number of carbonyl (C=O) groups excluding carboxylic acids is 1. The highest BCUT2D eigenvalue weighted by Gasteiger charge is 2.30. The average molecular weight is 214 g/mol. The van der Waals surface area contributed by atoms with Crippen molar-refractivity contribution in [2.45, 2.75) is 52.2 Å². The highest BCUT2D eigenvalue weighted by molar-refractivity contribution is 5.76. The molecule has 1 aliphatic rings. The van der Waals surface area contributed by atoms with E-state index < -0.39 is 0 Å². The van der Waals surface area contributed by atoms with Crippen LogP contribution < -0.4 is 0 Å². The lowest BCUT2D eigenvalue weighted by atomic mass is 9.78. The second-order valence-electron chi connectivity index (χ2n) is 4.84. The van der Waals surface area contributed by atoms with Gasteiger partial charge in [0.2, 0.25) is 0 Å². The van der Waals surface area contributed by atoms with E-state index in [1.165, 1.54) is 0 Å². The van der Waals surface area contributed by atoms with Crippen molar-refractivity contribution in [3.05, 3.63) is 0 Å². The second-order valence-corrected chi connectivity index (χ2v) is 4.84. The lowest BCUT2D eigenvalue weighted by molar-refractivity contribution is -0.126. The summed E-state index contributed by atoms with van der Waals surface area (Å²) in [6, 6.07) is 0. The van der Waals surface area contributed by atoms with Gasteiger partial charge in [-0.05, 0) is 44.9 Å². The van der Waals surface area contributed by atoms with E-state index in [9.17, 15) is 9.90 Å². The molecule has 15 heavy (non-hydrogen) atoms. The topological polar surface area (TPSA) is 46.5 Å². The number of aliphatic hydroxyl groups excluding tert-OH is 1. The molecule has 1 fully saturated rings. The van der Waals surface area contributed by atoms with Crippen LogP contribution in [0.5, 0.6) is 0 Å². The first-order chi connectivity index (χ1) is 7.00. The molecule has 1 rings (SSSR count). The third-order valence-corrected chi connectivity index (χ3v) is 3.35. The first kappa shape index (κ1) is 12.7. The molecular formula is C12H22O3. The van der Waals surface area contributed by atoms with Gasteiger partial charge in [0.25, 0.3) is 0 Å². The third kappa shape index (κ3) is 3.92. The fourth-order valence-corrected chi connectivity index (χ4v) is 2.21. The summed E-state index contributed by atoms with van der Waals surface area (Å²) >= 11 is 0. The van der Waals surface area contributed by atoms with Crippen LogP contribution in [-0.2, 0) is 9.53 Å². The van der Waals surface area contributed by atoms with Gasteiger partial charge in [-0.1, -0.05) is 6.92 Å². The summed E-state index contributed by atoms with van der Waals surface area (Å²) in [4.78, 5) is 10.8. The molecule has 88 valence electrons. The van der Waals surface area contributed by atoms with Crippen LogP contribution in [0.3, 0.4) is 0 Å². The van der Waals surface area contributed by atoms with Crippen LogP contribution in [0.25, 0.3) is 0 Å². The van der Waals surface area contributed by atoms with E-state index in [-0.39, 0.29) is 24.6 Å². The number of hydrogen-bond donors (Lipinski definition) is 1. The number of carbonyl (C=O) groups is 1. The Morgan fingerprint density at radius 2 is 2.20 bits per heavy atom. The molecule has 0 amide bonds. The fourth-order valence-electron chi connectivity index (χ4n) is 2.21. The van der Waals surface area contributed by atoms with E-state index in [2.05, 4.69) is 6.92 Å². The molecule has 0 radical (unpaired) electrons. The van der Waals surface area contributed by atoms with Gasteiger partial charge in [0.1, 0.15) is 6.61 Å². The van der Waals surface area contributed by atoms with Crippen molar-refractivity contribution in [3.8, 4) is 0 Å². The van der Waals surface area contributed by atoms with Crippen molar-refractivity contribution in [3.63, 3.8) is 0 Å². The van der Waals surface area contributed by atoms with Gasteiger partial charge >= 0.3 is 0 Å². The summed E-state index contributed by atoms with van der Waals surface area (Å²) in [5, 5.41) is 9.54. The standard InChI is InChI=1S/C12H22O3/c1-8-4-5-11(10(3)14)6-12(8)15-7-9(2)13/h8,10-12,14H,4-7H2,1-3H3/t8-,10?,11-,12?/m0/s1. The largest absolute Gasteiger partial charge is 0.393 e. The minimum Gasteiger partial charge on any atom is -0.393 e. The van der Waals surface area contributed by atoms with Gasteiger partial charge in [-0.15, -0.1) is 0 Å². The van der Waals surface area contributed by atoms with Crippen LogP contribution >= 0.6 is 0 Å². The molecular weight excluding hydrogens is 192 g/mol. The predicted molar refractivity (Wildman–Crippen MR) is 58.6 cm³/mol. The number of hydrogen-bond acceptors (Lipinski definition) is 3. The average Bonchev–Trinajstić information content (AvgIpc) is 2.16. The Labute approximate surface area is 91.8 Å². The molecule has 1 saturated carbocycles. The molecule has 4 atom stereocenters. The van der Waals surface area contributed by atoms with E-state index in [1.54, 1.807) is 6.92 Å². The molecule has 2 unspecified atom stereocenters. The summed E-state index contributed by atoms with van der Waals surface area (Å²) in [5.41, 5.74) is 0. The minimum absolute atomic E-state index is 0.0707. The lowest BCUT2D eigenvalue weighted by Gasteiger charge is -2.35. The number of ketones is 1. The highest BCUT2D eigenvalue weighted by Crippen LogP contribution is 2.32. The zero-order chi connectivity index (χ0) is 11.4. The van der Waals surface area contributed by atoms with Crippen LogP contribution in [0.1, 0.15) is 40.0 Å². The van der Waals surface area contributed by atoms with Gasteiger partial charge in [0.15, 0.2) is 5.78 Å². The maximum Gasteiger partial charge on any atom is 0.155 e. The summed E-state index contributed by atoms with van der Waals surface area (Å²) in [6.07, 6.45) is 2.91. The number of aliphatic hydroxyl groups is 1. The molecule has 3 nitrogen and oxygen atoms in total. The quantitative estimate of drug-likeness (QED) is 0.776. The number of rotatable bonds is 4.